The van der Waals surface area contributed by atoms with E-state index in [0.29, 0.717) is 18.2 Å². The average Bonchev–Trinajstić information content (AvgIpc) is 2.95. The molecule has 1 aliphatic heterocycles. The van der Waals surface area contributed by atoms with Gasteiger partial charge in [-0.05, 0) is 17.7 Å². The van der Waals surface area contributed by atoms with E-state index in [2.05, 4.69) is 5.10 Å². The van der Waals surface area contributed by atoms with Crippen molar-refractivity contribution in [3.63, 3.8) is 0 Å². The maximum atomic E-state index is 10.9. The number of aromatic nitrogens is 2. The summed E-state index contributed by atoms with van der Waals surface area (Å²) >= 11 is 6.08. The van der Waals surface area contributed by atoms with Crippen molar-refractivity contribution < 1.29 is 14.6 Å². The van der Waals surface area contributed by atoms with Crippen LogP contribution in [-0.2, 0) is 13.0 Å². The number of nitrogen functional groups attached to an aromatic ring is 1. The molecule has 1 aromatic carbocycles. The third-order valence-electron chi connectivity index (χ3n) is 3.15. The van der Waals surface area contributed by atoms with Crippen LogP contribution in [0.2, 0.25) is 5.02 Å². The Morgan fingerprint density at radius 2 is 2.35 bits per heavy atom. The van der Waals surface area contributed by atoms with Crippen LogP contribution in [0, 0.1) is 0 Å². The van der Waals surface area contributed by atoms with E-state index in [9.17, 15) is 4.79 Å². The Bertz CT molecular complexity index is 696. The highest BCUT2D eigenvalue weighted by atomic mass is 35.5. The summed E-state index contributed by atoms with van der Waals surface area (Å²) < 4.78 is 7.07. The molecule has 1 aliphatic rings. The highest BCUT2D eigenvalue weighted by molar-refractivity contribution is 6.30. The minimum Gasteiger partial charge on any atom is -0.493 e. The second kappa shape index (κ2) is 4.72. The number of hydrogen-bond acceptors (Lipinski definition) is 4. The third-order valence-corrected chi connectivity index (χ3v) is 3.37. The lowest BCUT2D eigenvalue weighted by Crippen LogP contribution is -2.05. The van der Waals surface area contributed by atoms with Crippen molar-refractivity contribution >= 4 is 23.3 Å². The molecule has 6 nitrogen and oxygen atoms in total. The molecule has 2 aromatic rings. The van der Waals surface area contributed by atoms with Gasteiger partial charge >= 0.3 is 5.97 Å². The summed E-state index contributed by atoms with van der Waals surface area (Å²) in [6.07, 6.45) is 2.32. The number of nitrogens with two attached hydrogens (primary N) is 1. The van der Waals surface area contributed by atoms with Gasteiger partial charge in [-0.2, -0.15) is 5.10 Å². The molecule has 0 spiro atoms. The smallest absolute Gasteiger partial charge is 0.358 e. The molecule has 0 atom stereocenters. The molecule has 0 bridgehead atoms. The second-order valence-electron chi connectivity index (χ2n) is 4.59. The predicted molar refractivity (Wildman–Crippen MR) is 73.4 cm³/mol. The van der Waals surface area contributed by atoms with Gasteiger partial charge in [0.15, 0.2) is 5.69 Å². The van der Waals surface area contributed by atoms with Gasteiger partial charge in [-0.3, -0.25) is 4.68 Å². The lowest BCUT2D eigenvalue weighted by atomic mass is 10.1. The Hall–Kier alpha value is -2.21. The molecule has 20 heavy (non-hydrogen) atoms. The standard InChI is InChI=1S/C13H12ClN3O3/c14-9-3-7-1-2-20-12(7)8(4-9)5-17-6-10(15)11(16-17)13(18)19/h3-4,6H,1-2,5,15H2,(H,18,19). The molecule has 0 amide bonds. The van der Waals surface area contributed by atoms with Gasteiger partial charge in [0, 0.05) is 23.2 Å². The fourth-order valence-electron chi connectivity index (χ4n) is 2.32. The van der Waals surface area contributed by atoms with E-state index in [4.69, 9.17) is 27.2 Å². The normalized spacial score (nSPS) is 13.1. The molecule has 104 valence electrons. The zero-order valence-corrected chi connectivity index (χ0v) is 11.2. The molecule has 2 heterocycles. The summed E-state index contributed by atoms with van der Waals surface area (Å²) in [7, 11) is 0. The maximum Gasteiger partial charge on any atom is 0.358 e. The van der Waals surface area contributed by atoms with Gasteiger partial charge in [-0.25, -0.2) is 4.79 Å². The van der Waals surface area contributed by atoms with Crippen molar-refractivity contribution in [1.82, 2.24) is 9.78 Å². The Kier molecular flexibility index (Phi) is 3.02. The molecule has 3 rings (SSSR count). The van der Waals surface area contributed by atoms with E-state index >= 15 is 0 Å². The van der Waals surface area contributed by atoms with Crippen molar-refractivity contribution in [2.24, 2.45) is 0 Å². The van der Waals surface area contributed by atoms with E-state index in [1.807, 2.05) is 6.07 Å². The SMILES string of the molecule is Nc1cn(Cc2cc(Cl)cc3c2OCC3)nc1C(=O)O. The molecule has 0 radical (unpaired) electrons. The summed E-state index contributed by atoms with van der Waals surface area (Å²) in [5.74, 6) is -0.339. The fraction of sp³-hybridized carbons (Fsp3) is 0.231. The largest absolute Gasteiger partial charge is 0.493 e. The zero-order chi connectivity index (χ0) is 14.3. The summed E-state index contributed by atoms with van der Waals surface area (Å²) in [5.41, 5.74) is 7.53. The summed E-state index contributed by atoms with van der Waals surface area (Å²) in [6.45, 7) is 0.991. The van der Waals surface area contributed by atoms with Gasteiger partial charge in [0.25, 0.3) is 0 Å². The van der Waals surface area contributed by atoms with Gasteiger partial charge in [0.1, 0.15) is 5.75 Å². The predicted octanol–water partition coefficient (Wildman–Crippen LogP) is 1.80. The van der Waals surface area contributed by atoms with Crippen LogP contribution in [0.15, 0.2) is 18.3 Å². The van der Waals surface area contributed by atoms with Gasteiger partial charge < -0.3 is 15.6 Å². The lowest BCUT2D eigenvalue weighted by Gasteiger charge is -2.09. The number of fused-ring (bicyclic) bond motifs is 1. The molecular formula is C13H12ClN3O3. The van der Waals surface area contributed by atoms with Crippen molar-refractivity contribution in [1.29, 1.82) is 0 Å². The number of rotatable bonds is 3. The number of halogens is 1. The number of carboxylic acids is 1. The lowest BCUT2D eigenvalue weighted by molar-refractivity contribution is 0.0690. The van der Waals surface area contributed by atoms with Crippen molar-refractivity contribution in [3.8, 4) is 5.75 Å². The first-order valence-corrected chi connectivity index (χ1v) is 6.42. The zero-order valence-electron chi connectivity index (χ0n) is 10.5. The molecule has 0 saturated heterocycles. The number of ether oxygens (including phenoxy) is 1. The Morgan fingerprint density at radius 1 is 1.55 bits per heavy atom. The highest BCUT2D eigenvalue weighted by Crippen LogP contribution is 2.33. The molecule has 0 saturated carbocycles. The number of aromatic carboxylic acids is 1. The summed E-state index contributed by atoms with van der Waals surface area (Å²) in [6, 6.07) is 3.68. The quantitative estimate of drug-likeness (QED) is 0.900. The first-order valence-electron chi connectivity index (χ1n) is 6.05. The average molecular weight is 294 g/mol. The van der Waals surface area contributed by atoms with E-state index < -0.39 is 5.97 Å². The minimum absolute atomic E-state index is 0.136. The molecule has 3 N–H and O–H groups in total. The van der Waals surface area contributed by atoms with Gasteiger partial charge in [-0.15, -0.1) is 0 Å². The number of benzene rings is 1. The summed E-state index contributed by atoms with van der Waals surface area (Å²) in [4.78, 5) is 10.9. The van der Waals surface area contributed by atoms with E-state index in [1.165, 1.54) is 10.9 Å². The van der Waals surface area contributed by atoms with Gasteiger partial charge in [-0.1, -0.05) is 11.6 Å². The third kappa shape index (κ3) is 2.18. The van der Waals surface area contributed by atoms with Crippen molar-refractivity contribution in [2.45, 2.75) is 13.0 Å². The van der Waals surface area contributed by atoms with Crippen LogP contribution in [-0.4, -0.2) is 27.5 Å². The molecule has 7 heteroatoms. The molecule has 0 aliphatic carbocycles. The topological polar surface area (TPSA) is 90.4 Å². The molecular weight excluding hydrogens is 282 g/mol. The van der Waals surface area contributed by atoms with E-state index in [-0.39, 0.29) is 11.4 Å². The number of carbonyl (C=O) groups is 1. The van der Waals surface area contributed by atoms with E-state index in [0.717, 1.165) is 23.3 Å². The number of hydrogen-bond donors (Lipinski definition) is 2. The molecule has 1 aromatic heterocycles. The first-order chi connectivity index (χ1) is 9.54. The van der Waals surface area contributed by atoms with Crippen LogP contribution in [0.4, 0.5) is 5.69 Å². The van der Waals surface area contributed by atoms with Gasteiger partial charge in [0.2, 0.25) is 0 Å². The number of nitrogens with zero attached hydrogens (tertiary/aromatic N) is 2. The molecule has 0 unspecified atom stereocenters. The van der Waals surface area contributed by atoms with Crippen molar-refractivity contribution in [3.05, 3.63) is 40.2 Å². The van der Waals surface area contributed by atoms with Crippen LogP contribution in [0.1, 0.15) is 21.6 Å². The Labute approximate surface area is 119 Å². The first kappa shape index (κ1) is 12.8. The van der Waals surface area contributed by atoms with Gasteiger partial charge in [0.05, 0.1) is 18.8 Å². The van der Waals surface area contributed by atoms with Crippen molar-refractivity contribution in [2.75, 3.05) is 12.3 Å². The monoisotopic (exact) mass is 293 g/mol. The van der Waals surface area contributed by atoms with Crippen LogP contribution < -0.4 is 10.5 Å². The van der Waals surface area contributed by atoms with Crippen LogP contribution >= 0.6 is 11.6 Å². The Balaban J connectivity index is 1.96. The minimum atomic E-state index is -1.14. The fourth-order valence-corrected chi connectivity index (χ4v) is 2.59. The molecule has 0 fully saturated rings. The number of anilines is 1. The van der Waals surface area contributed by atoms with Crippen LogP contribution in [0.3, 0.4) is 0 Å². The summed E-state index contributed by atoms with van der Waals surface area (Å²) in [5, 5.41) is 13.5. The highest BCUT2D eigenvalue weighted by Gasteiger charge is 2.19. The van der Waals surface area contributed by atoms with E-state index in [1.54, 1.807) is 6.07 Å². The van der Waals surface area contributed by atoms with Crippen LogP contribution in [0.5, 0.6) is 5.75 Å². The maximum absolute atomic E-state index is 10.9. The Morgan fingerprint density at radius 3 is 3.05 bits per heavy atom. The second-order valence-corrected chi connectivity index (χ2v) is 5.02. The van der Waals surface area contributed by atoms with Crippen LogP contribution in [0.25, 0.3) is 0 Å². The number of carboxylic acid groups (broad SMARTS) is 1.